The Morgan fingerprint density at radius 2 is 2.29 bits per heavy atom. The van der Waals surface area contributed by atoms with Crippen molar-refractivity contribution in [3.63, 3.8) is 0 Å². The van der Waals surface area contributed by atoms with E-state index in [0.717, 1.165) is 35.8 Å². The smallest absolute Gasteiger partial charge is 0.103 e. The number of hydrogen-bond acceptors (Lipinski definition) is 4. The number of thioether (sulfide) groups is 1. The van der Waals surface area contributed by atoms with Crippen molar-refractivity contribution < 1.29 is 0 Å². The lowest BCUT2D eigenvalue weighted by atomic mass is 10.1. The molecule has 1 saturated heterocycles. The molecule has 0 atom stereocenters. The van der Waals surface area contributed by atoms with Crippen molar-refractivity contribution in [1.29, 1.82) is 5.26 Å². The molecule has 0 unspecified atom stereocenters. The van der Waals surface area contributed by atoms with E-state index in [0.29, 0.717) is 6.04 Å². The predicted molar refractivity (Wildman–Crippen MR) is 72.6 cm³/mol. The summed E-state index contributed by atoms with van der Waals surface area (Å²) < 4.78 is 0. The van der Waals surface area contributed by atoms with Crippen LogP contribution in [0.4, 0.5) is 5.69 Å². The molecule has 90 valence electrons. The zero-order chi connectivity index (χ0) is 12.3. The number of rotatable bonds is 4. The van der Waals surface area contributed by atoms with Crippen molar-refractivity contribution in [2.24, 2.45) is 0 Å². The van der Waals surface area contributed by atoms with Gasteiger partial charge in [-0.1, -0.05) is 6.07 Å². The average Bonchev–Trinajstić information content (AvgIpc) is 2.32. The van der Waals surface area contributed by atoms with Gasteiger partial charge in [0.2, 0.25) is 0 Å². The number of nitrogens with zero attached hydrogens (tertiary/aromatic N) is 2. The summed E-state index contributed by atoms with van der Waals surface area (Å²) in [5, 5.41) is 12.6. The topological polar surface area (TPSA) is 39.1 Å². The second-order valence-electron chi connectivity index (χ2n) is 4.06. The summed E-state index contributed by atoms with van der Waals surface area (Å²) in [5.41, 5.74) is 1.89. The van der Waals surface area contributed by atoms with Crippen molar-refractivity contribution >= 4 is 17.4 Å². The van der Waals surface area contributed by atoms with Gasteiger partial charge in [0.1, 0.15) is 6.07 Å². The van der Waals surface area contributed by atoms with Gasteiger partial charge >= 0.3 is 0 Å². The minimum Gasteiger partial charge on any atom is -0.365 e. The van der Waals surface area contributed by atoms with E-state index in [4.69, 9.17) is 0 Å². The third-order valence-electron chi connectivity index (χ3n) is 3.19. The van der Waals surface area contributed by atoms with Gasteiger partial charge in [0.15, 0.2) is 0 Å². The van der Waals surface area contributed by atoms with Crippen LogP contribution in [0.15, 0.2) is 23.1 Å². The lowest BCUT2D eigenvalue weighted by Crippen LogP contribution is -2.57. The van der Waals surface area contributed by atoms with Crippen molar-refractivity contribution in [1.82, 2.24) is 5.32 Å². The monoisotopic (exact) mass is 247 g/mol. The number of nitriles is 1. The van der Waals surface area contributed by atoms with Gasteiger partial charge in [0.25, 0.3) is 0 Å². The van der Waals surface area contributed by atoms with Crippen LogP contribution in [-0.4, -0.2) is 31.9 Å². The van der Waals surface area contributed by atoms with E-state index in [1.54, 1.807) is 11.8 Å². The third kappa shape index (κ3) is 2.26. The minimum absolute atomic E-state index is 0.532. The third-order valence-corrected chi connectivity index (χ3v) is 3.97. The quantitative estimate of drug-likeness (QED) is 0.827. The fourth-order valence-electron chi connectivity index (χ4n) is 2.16. The van der Waals surface area contributed by atoms with E-state index >= 15 is 0 Å². The highest BCUT2D eigenvalue weighted by Crippen LogP contribution is 2.30. The van der Waals surface area contributed by atoms with Crippen LogP contribution in [0.1, 0.15) is 12.5 Å². The molecule has 0 amide bonds. The van der Waals surface area contributed by atoms with Gasteiger partial charge in [0, 0.05) is 24.5 Å². The van der Waals surface area contributed by atoms with Gasteiger partial charge in [-0.05, 0) is 25.3 Å². The van der Waals surface area contributed by atoms with E-state index in [1.807, 2.05) is 18.4 Å². The molecular formula is C13H17N3S. The molecule has 1 N–H and O–H groups in total. The highest BCUT2D eigenvalue weighted by molar-refractivity contribution is 7.98. The van der Waals surface area contributed by atoms with Crippen molar-refractivity contribution in [2.75, 3.05) is 30.8 Å². The number of likely N-dealkylation sites (N-methyl/N-ethyl adjacent to an activating group) is 1. The second-order valence-corrected chi connectivity index (χ2v) is 4.91. The molecule has 1 aliphatic heterocycles. The molecule has 0 radical (unpaired) electrons. The molecule has 0 bridgehead atoms. The maximum Gasteiger partial charge on any atom is 0.103 e. The normalized spacial score (nSPS) is 15.1. The van der Waals surface area contributed by atoms with Crippen LogP contribution in [0.3, 0.4) is 0 Å². The van der Waals surface area contributed by atoms with Crippen molar-refractivity contribution in [3.05, 3.63) is 23.8 Å². The largest absolute Gasteiger partial charge is 0.365 e. The molecule has 2 rings (SSSR count). The molecular weight excluding hydrogens is 230 g/mol. The van der Waals surface area contributed by atoms with E-state index in [1.165, 1.54) is 0 Å². The average molecular weight is 247 g/mol. The first-order valence-corrected chi connectivity index (χ1v) is 7.08. The molecule has 0 aromatic heterocycles. The van der Waals surface area contributed by atoms with Crippen LogP contribution in [0.5, 0.6) is 0 Å². The molecule has 0 aliphatic carbocycles. The fourth-order valence-corrected chi connectivity index (χ4v) is 2.73. The first-order valence-electron chi connectivity index (χ1n) is 5.86. The van der Waals surface area contributed by atoms with Crippen molar-refractivity contribution in [2.45, 2.75) is 17.9 Å². The zero-order valence-corrected chi connectivity index (χ0v) is 11.0. The molecule has 0 spiro atoms. The first-order chi connectivity index (χ1) is 8.31. The highest BCUT2D eigenvalue weighted by Gasteiger charge is 2.25. The Hall–Kier alpha value is -1.18. The van der Waals surface area contributed by atoms with Gasteiger partial charge in [-0.2, -0.15) is 5.26 Å². The Bertz CT molecular complexity index is 435. The molecule has 1 aromatic rings. The Morgan fingerprint density at radius 3 is 2.76 bits per heavy atom. The lowest BCUT2D eigenvalue weighted by molar-refractivity contribution is 0.417. The zero-order valence-electron chi connectivity index (χ0n) is 10.2. The maximum atomic E-state index is 9.34. The van der Waals surface area contributed by atoms with Gasteiger partial charge in [-0.15, -0.1) is 11.8 Å². The highest BCUT2D eigenvalue weighted by atomic mass is 32.2. The van der Waals surface area contributed by atoms with Gasteiger partial charge in [0.05, 0.1) is 17.3 Å². The summed E-state index contributed by atoms with van der Waals surface area (Å²) in [6.45, 7) is 5.12. The first kappa shape index (κ1) is 12.3. The standard InChI is InChI=1S/C13H17N3S/c1-3-16(10-8-15-9-10)12-5-4-6-13(17-2)11(12)7-14/h4-6,10,15H,3,8-9H2,1-2H3. The number of hydrogen-bond donors (Lipinski definition) is 1. The summed E-state index contributed by atoms with van der Waals surface area (Å²) in [5.74, 6) is 0. The fraction of sp³-hybridized carbons (Fsp3) is 0.462. The molecule has 3 nitrogen and oxygen atoms in total. The molecule has 4 heteroatoms. The summed E-state index contributed by atoms with van der Waals surface area (Å²) >= 11 is 1.63. The van der Waals surface area contributed by atoms with Crippen LogP contribution in [0.2, 0.25) is 0 Å². The summed E-state index contributed by atoms with van der Waals surface area (Å²) in [7, 11) is 0. The van der Waals surface area contributed by atoms with E-state index < -0.39 is 0 Å². The Kier molecular flexibility index (Phi) is 3.93. The van der Waals surface area contributed by atoms with Crippen LogP contribution < -0.4 is 10.2 Å². The van der Waals surface area contributed by atoms with E-state index in [2.05, 4.69) is 29.3 Å². The van der Waals surface area contributed by atoms with Gasteiger partial charge in [-0.3, -0.25) is 0 Å². The molecule has 0 saturated carbocycles. The molecule has 1 fully saturated rings. The minimum atomic E-state index is 0.532. The maximum absolute atomic E-state index is 9.34. The van der Waals surface area contributed by atoms with E-state index in [-0.39, 0.29) is 0 Å². The Balaban J connectivity index is 2.39. The predicted octanol–water partition coefficient (Wildman–Crippen LogP) is 2.08. The molecule has 17 heavy (non-hydrogen) atoms. The van der Waals surface area contributed by atoms with Crippen LogP contribution >= 0.6 is 11.8 Å². The number of nitrogens with one attached hydrogen (secondary N) is 1. The van der Waals surface area contributed by atoms with Crippen LogP contribution in [-0.2, 0) is 0 Å². The molecule has 1 aliphatic rings. The molecule has 1 aromatic carbocycles. The molecule has 1 heterocycles. The van der Waals surface area contributed by atoms with E-state index in [9.17, 15) is 5.26 Å². The van der Waals surface area contributed by atoms with Gasteiger partial charge < -0.3 is 10.2 Å². The van der Waals surface area contributed by atoms with Crippen molar-refractivity contribution in [3.8, 4) is 6.07 Å². The summed E-state index contributed by atoms with van der Waals surface area (Å²) in [4.78, 5) is 3.39. The summed E-state index contributed by atoms with van der Waals surface area (Å²) in [6, 6.07) is 8.99. The number of benzene rings is 1. The SMILES string of the molecule is CCN(c1cccc(SC)c1C#N)C1CNC1. The summed E-state index contributed by atoms with van der Waals surface area (Å²) in [6.07, 6.45) is 2.02. The lowest BCUT2D eigenvalue weighted by Gasteiger charge is -2.39. The number of anilines is 1. The second kappa shape index (κ2) is 5.44. The Labute approximate surface area is 107 Å². The van der Waals surface area contributed by atoms with Gasteiger partial charge in [-0.25, -0.2) is 0 Å². The van der Waals surface area contributed by atoms with Crippen LogP contribution in [0.25, 0.3) is 0 Å². The van der Waals surface area contributed by atoms with Crippen LogP contribution in [0, 0.1) is 11.3 Å². The Morgan fingerprint density at radius 1 is 1.53 bits per heavy atom.